The van der Waals surface area contributed by atoms with E-state index in [1.54, 1.807) is 0 Å². The first-order valence-electron chi connectivity index (χ1n) is 8.72. The van der Waals surface area contributed by atoms with Crippen molar-refractivity contribution in [3.05, 3.63) is 40.3 Å². The first-order valence-corrected chi connectivity index (χ1v) is 9.53. The van der Waals surface area contributed by atoms with Crippen molar-refractivity contribution in [2.75, 3.05) is 11.9 Å². The van der Waals surface area contributed by atoms with Crippen molar-refractivity contribution in [3.8, 4) is 5.88 Å². The van der Waals surface area contributed by atoms with Crippen LogP contribution in [0.3, 0.4) is 0 Å². The van der Waals surface area contributed by atoms with Crippen LogP contribution in [0.5, 0.6) is 5.88 Å². The van der Waals surface area contributed by atoms with E-state index < -0.39 is 23.1 Å². The average molecular weight is 381 g/mol. The summed E-state index contributed by atoms with van der Waals surface area (Å²) in [7, 11) is 0. The molecule has 3 rings (SSSR count). The summed E-state index contributed by atoms with van der Waals surface area (Å²) in [6, 6.07) is 3.66. The molecular weight excluding hydrogens is 360 g/mol. The van der Waals surface area contributed by atoms with Crippen molar-refractivity contribution < 1.29 is 18.7 Å². The molecule has 1 aliphatic rings. The topological polar surface area (TPSA) is 74.2 Å². The highest BCUT2D eigenvalue weighted by atomic mass is 32.1. The van der Waals surface area contributed by atoms with Gasteiger partial charge in [0.1, 0.15) is 17.2 Å². The summed E-state index contributed by atoms with van der Waals surface area (Å²) >= 11 is 1.34. The first kappa shape index (κ1) is 18.6. The van der Waals surface area contributed by atoms with Gasteiger partial charge in [-0.3, -0.25) is 4.79 Å². The number of thiazole rings is 1. The largest absolute Gasteiger partial charge is 0.492 e. The van der Waals surface area contributed by atoms with Crippen LogP contribution in [0, 0.1) is 11.6 Å². The third-order valence-electron chi connectivity index (χ3n) is 4.44. The fourth-order valence-corrected chi connectivity index (χ4v) is 4.01. The number of halogens is 2. The van der Waals surface area contributed by atoms with E-state index in [2.05, 4.69) is 15.6 Å². The highest BCUT2D eigenvalue weighted by molar-refractivity contribution is 7.15. The van der Waals surface area contributed by atoms with E-state index in [0.29, 0.717) is 22.5 Å². The molecule has 1 fully saturated rings. The maximum absolute atomic E-state index is 13.6. The van der Waals surface area contributed by atoms with Gasteiger partial charge in [-0.2, -0.15) is 4.98 Å². The molecule has 1 aliphatic carbocycles. The highest BCUT2D eigenvalue weighted by Gasteiger charge is 2.18. The molecule has 0 aliphatic heterocycles. The van der Waals surface area contributed by atoms with Crippen molar-refractivity contribution in [2.24, 2.45) is 0 Å². The molecule has 26 heavy (non-hydrogen) atoms. The van der Waals surface area contributed by atoms with E-state index in [9.17, 15) is 18.7 Å². The molecule has 0 bridgehead atoms. The van der Waals surface area contributed by atoms with E-state index in [-0.39, 0.29) is 12.4 Å². The van der Waals surface area contributed by atoms with E-state index >= 15 is 0 Å². The lowest BCUT2D eigenvalue weighted by molar-refractivity contribution is 0.0945. The molecule has 0 radical (unpaired) electrons. The lowest BCUT2D eigenvalue weighted by atomic mass is 9.96. The molecule has 1 saturated carbocycles. The number of nitrogens with zero attached hydrogens (tertiary/aromatic N) is 1. The number of hydrogen-bond donors (Lipinski definition) is 3. The molecule has 8 heteroatoms. The smallest absolute Gasteiger partial charge is 0.257 e. The van der Waals surface area contributed by atoms with Crippen LogP contribution in [-0.4, -0.2) is 28.6 Å². The molecule has 5 nitrogen and oxygen atoms in total. The zero-order valence-corrected chi connectivity index (χ0v) is 15.0. The zero-order valence-electron chi connectivity index (χ0n) is 14.2. The summed E-state index contributed by atoms with van der Waals surface area (Å²) in [6.45, 7) is 0.144. The van der Waals surface area contributed by atoms with Gasteiger partial charge < -0.3 is 15.7 Å². The summed E-state index contributed by atoms with van der Waals surface area (Å²) in [4.78, 5) is 16.7. The van der Waals surface area contributed by atoms with Crippen molar-refractivity contribution in [2.45, 2.75) is 44.6 Å². The molecule has 1 aromatic carbocycles. The molecule has 0 spiro atoms. The zero-order chi connectivity index (χ0) is 18.5. The number of amides is 1. The van der Waals surface area contributed by atoms with E-state index in [4.69, 9.17) is 0 Å². The second-order valence-corrected chi connectivity index (χ2v) is 7.43. The Morgan fingerprint density at radius 1 is 1.23 bits per heavy atom. The lowest BCUT2D eigenvalue weighted by Crippen LogP contribution is -2.27. The molecule has 0 saturated heterocycles. The molecule has 140 valence electrons. The van der Waals surface area contributed by atoms with Crippen LogP contribution in [0.15, 0.2) is 18.2 Å². The Bertz CT molecular complexity index is 756. The van der Waals surface area contributed by atoms with E-state index in [0.717, 1.165) is 25.0 Å². The van der Waals surface area contributed by atoms with Crippen molar-refractivity contribution >= 4 is 22.4 Å². The van der Waals surface area contributed by atoms with Crippen LogP contribution >= 0.6 is 11.3 Å². The molecule has 2 aromatic rings. The second kappa shape index (κ2) is 8.44. The van der Waals surface area contributed by atoms with E-state index in [1.807, 2.05) is 0 Å². The molecule has 1 aromatic heterocycles. The SMILES string of the molecule is O=C(NCCc1sc(NC2CCCCC2)nc1O)c1c(F)cccc1F. The normalized spacial score (nSPS) is 15.0. The molecule has 1 heterocycles. The van der Waals surface area contributed by atoms with Gasteiger partial charge in [-0.25, -0.2) is 8.78 Å². The van der Waals surface area contributed by atoms with Gasteiger partial charge >= 0.3 is 0 Å². The Hall–Kier alpha value is -2.22. The van der Waals surface area contributed by atoms with Crippen LogP contribution in [0.4, 0.5) is 13.9 Å². The second-order valence-electron chi connectivity index (χ2n) is 6.35. The number of hydrogen-bond acceptors (Lipinski definition) is 5. The molecule has 3 N–H and O–H groups in total. The minimum absolute atomic E-state index is 0.0698. The quantitative estimate of drug-likeness (QED) is 0.711. The van der Waals surface area contributed by atoms with Gasteiger partial charge in [0, 0.05) is 19.0 Å². The fourth-order valence-electron chi connectivity index (χ4n) is 3.08. The standard InChI is InChI=1S/C18H21F2N3O2S/c19-12-7-4-8-13(20)15(12)17(25)21-10-9-14-16(24)23-18(26-14)22-11-5-2-1-3-6-11/h4,7-8,11,24H,1-3,5-6,9-10H2,(H,21,25)(H,22,23). The van der Waals surface area contributed by atoms with Crippen LogP contribution in [0.2, 0.25) is 0 Å². The Kier molecular flexibility index (Phi) is 6.03. The maximum atomic E-state index is 13.6. The van der Waals surface area contributed by atoms with E-state index in [1.165, 1.54) is 36.7 Å². The summed E-state index contributed by atoms with van der Waals surface area (Å²) in [5, 5.41) is 16.4. The summed E-state index contributed by atoms with van der Waals surface area (Å²) in [6.07, 6.45) is 6.17. The van der Waals surface area contributed by atoms with Crippen LogP contribution < -0.4 is 10.6 Å². The van der Waals surface area contributed by atoms with Gasteiger partial charge in [0.15, 0.2) is 5.13 Å². The summed E-state index contributed by atoms with van der Waals surface area (Å²) < 4.78 is 27.2. The minimum atomic E-state index is -0.901. The van der Waals surface area contributed by atoms with Crippen LogP contribution in [-0.2, 0) is 6.42 Å². The molecule has 1 amide bonds. The van der Waals surface area contributed by atoms with Gasteiger partial charge in [0.2, 0.25) is 5.88 Å². The monoisotopic (exact) mass is 381 g/mol. The number of carbonyl (C=O) groups is 1. The Balaban J connectivity index is 1.54. The number of carbonyl (C=O) groups excluding carboxylic acids is 1. The molecular formula is C18H21F2N3O2S. The number of benzene rings is 1. The number of nitrogens with one attached hydrogen (secondary N) is 2. The van der Waals surface area contributed by atoms with Crippen LogP contribution in [0.1, 0.15) is 47.3 Å². The fraction of sp³-hybridized carbons (Fsp3) is 0.444. The molecule has 0 atom stereocenters. The predicted octanol–water partition coefficient (Wildman–Crippen LogP) is 3.84. The van der Waals surface area contributed by atoms with Gasteiger partial charge in [-0.15, -0.1) is 0 Å². The number of aromatic hydroxyl groups is 1. The van der Waals surface area contributed by atoms with Crippen molar-refractivity contribution in [1.82, 2.24) is 10.3 Å². The Morgan fingerprint density at radius 2 is 1.92 bits per heavy atom. The highest BCUT2D eigenvalue weighted by Crippen LogP contribution is 2.30. The van der Waals surface area contributed by atoms with Crippen molar-refractivity contribution in [3.63, 3.8) is 0 Å². The Morgan fingerprint density at radius 3 is 2.62 bits per heavy atom. The Labute approximate surface area is 154 Å². The van der Waals surface area contributed by atoms with Gasteiger partial charge in [-0.1, -0.05) is 36.7 Å². The summed E-state index contributed by atoms with van der Waals surface area (Å²) in [5.41, 5.74) is -0.597. The van der Waals surface area contributed by atoms with Gasteiger partial charge in [0.05, 0.1) is 4.88 Å². The minimum Gasteiger partial charge on any atom is -0.492 e. The summed E-state index contributed by atoms with van der Waals surface area (Å²) in [5.74, 6) is -2.69. The number of aromatic nitrogens is 1. The maximum Gasteiger partial charge on any atom is 0.257 e. The number of rotatable bonds is 6. The third-order valence-corrected chi connectivity index (χ3v) is 5.47. The predicted molar refractivity (Wildman–Crippen MR) is 96.7 cm³/mol. The van der Waals surface area contributed by atoms with Gasteiger partial charge in [-0.05, 0) is 25.0 Å². The first-order chi connectivity index (χ1) is 12.5. The molecule has 0 unspecified atom stereocenters. The lowest BCUT2D eigenvalue weighted by Gasteiger charge is -2.22. The van der Waals surface area contributed by atoms with Gasteiger partial charge in [0.25, 0.3) is 5.91 Å². The third kappa shape index (κ3) is 4.49. The van der Waals surface area contributed by atoms with Crippen LogP contribution in [0.25, 0.3) is 0 Å². The van der Waals surface area contributed by atoms with Crippen molar-refractivity contribution in [1.29, 1.82) is 0 Å². The number of anilines is 1. The average Bonchev–Trinajstić information content (AvgIpc) is 2.95.